The molecule has 8 heteroatoms. The monoisotopic (exact) mass is 345 g/mol. The van der Waals surface area contributed by atoms with Crippen molar-refractivity contribution in [2.24, 2.45) is 0 Å². The zero-order valence-corrected chi connectivity index (χ0v) is 13.8. The Morgan fingerprint density at radius 1 is 1.33 bits per heavy atom. The maximum atomic E-state index is 12.5. The van der Waals surface area contributed by atoms with Crippen LogP contribution in [0.5, 0.6) is 5.75 Å². The molecule has 0 saturated heterocycles. The molecule has 3 rings (SSSR count). The standard InChI is InChI=1S/C16H15N3O4S/c1-23-9-5-3-8(4-6-9)10-7-11(15(21)22)17-13-12(10)14(20)19-16(18-13)24-2/h3-7,10H,1-2H3,(H,21,22)(H2,17,18,19,20). The molecular weight excluding hydrogens is 330 g/mol. The van der Waals surface area contributed by atoms with Crippen LogP contribution in [0.4, 0.5) is 5.82 Å². The molecule has 0 spiro atoms. The van der Waals surface area contributed by atoms with Crippen LogP contribution in [0.2, 0.25) is 0 Å². The molecule has 0 saturated carbocycles. The van der Waals surface area contributed by atoms with Crippen LogP contribution in [0.15, 0.2) is 46.0 Å². The van der Waals surface area contributed by atoms with Gasteiger partial charge in [0.2, 0.25) is 0 Å². The minimum atomic E-state index is -1.10. The van der Waals surface area contributed by atoms with Gasteiger partial charge in [0.15, 0.2) is 5.16 Å². The van der Waals surface area contributed by atoms with Gasteiger partial charge in [0.25, 0.3) is 5.56 Å². The van der Waals surface area contributed by atoms with E-state index in [-0.39, 0.29) is 17.1 Å². The molecule has 1 aliphatic heterocycles. The Morgan fingerprint density at radius 3 is 2.62 bits per heavy atom. The number of H-pyrrole nitrogens is 1. The molecule has 2 heterocycles. The van der Waals surface area contributed by atoms with Crippen molar-refractivity contribution in [1.29, 1.82) is 0 Å². The summed E-state index contributed by atoms with van der Waals surface area (Å²) in [5.74, 6) is -0.665. The lowest BCUT2D eigenvalue weighted by atomic mass is 9.89. The molecule has 0 fully saturated rings. The Kier molecular flexibility index (Phi) is 4.30. The van der Waals surface area contributed by atoms with Gasteiger partial charge in [-0.1, -0.05) is 23.9 Å². The molecule has 0 aliphatic carbocycles. The second-order valence-electron chi connectivity index (χ2n) is 5.10. The number of ether oxygens (including phenoxy) is 1. The lowest BCUT2D eigenvalue weighted by Gasteiger charge is -2.23. The number of hydrogen-bond acceptors (Lipinski definition) is 6. The number of fused-ring (bicyclic) bond motifs is 1. The van der Waals surface area contributed by atoms with Crippen LogP contribution >= 0.6 is 11.8 Å². The lowest BCUT2D eigenvalue weighted by Crippen LogP contribution is -2.27. The molecule has 24 heavy (non-hydrogen) atoms. The first-order valence-corrected chi connectivity index (χ1v) is 8.30. The Bertz CT molecular complexity index is 874. The fourth-order valence-corrected chi connectivity index (χ4v) is 2.94. The Balaban J connectivity index is 2.17. The molecule has 1 aromatic carbocycles. The van der Waals surface area contributed by atoms with Crippen molar-refractivity contribution in [3.8, 4) is 5.75 Å². The number of methoxy groups -OCH3 is 1. The summed E-state index contributed by atoms with van der Waals surface area (Å²) in [6.45, 7) is 0. The van der Waals surface area contributed by atoms with E-state index in [1.165, 1.54) is 17.8 Å². The van der Waals surface area contributed by atoms with E-state index in [4.69, 9.17) is 4.74 Å². The number of thioether (sulfide) groups is 1. The molecule has 1 unspecified atom stereocenters. The zero-order chi connectivity index (χ0) is 17.3. The van der Waals surface area contributed by atoms with Gasteiger partial charge < -0.3 is 20.1 Å². The molecule has 7 nitrogen and oxygen atoms in total. The van der Waals surface area contributed by atoms with E-state index >= 15 is 0 Å². The number of carboxylic acid groups (broad SMARTS) is 1. The van der Waals surface area contributed by atoms with Crippen LogP contribution in [-0.4, -0.2) is 34.4 Å². The maximum Gasteiger partial charge on any atom is 0.352 e. The van der Waals surface area contributed by atoms with Crippen LogP contribution in [0, 0.1) is 0 Å². The first kappa shape index (κ1) is 16.1. The van der Waals surface area contributed by atoms with Gasteiger partial charge in [-0.25, -0.2) is 9.78 Å². The van der Waals surface area contributed by atoms with E-state index in [9.17, 15) is 14.7 Å². The quantitative estimate of drug-likeness (QED) is 0.575. The number of nitrogens with zero attached hydrogens (tertiary/aromatic N) is 1. The number of hydrogen-bond donors (Lipinski definition) is 3. The Hall–Kier alpha value is -2.74. The minimum absolute atomic E-state index is 0.00605. The maximum absolute atomic E-state index is 12.5. The van der Waals surface area contributed by atoms with E-state index in [2.05, 4.69) is 15.3 Å². The molecule has 124 valence electrons. The molecule has 1 atom stereocenters. The molecule has 1 aromatic heterocycles. The van der Waals surface area contributed by atoms with E-state index in [0.29, 0.717) is 16.5 Å². The van der Waals surface area contributed by atoms with Crippen molar-refractivity contribution >= 4 is 23.5 Å². The highest BCUT2D eigenvalue weighted by atomic mass is 32.2. The average molecular weight is 345 g/mol. The number of carbonyl (C=O) groups is 1. The SMILES string of the molecule is COc1ccc(C2C=C(C(=O)O)Nc3nc(SC)[nH]c(=O)c32)cc1. The third-order valence-electron chi connectivity index (χ3n) is 3.73. The summed E-state index contributed by atoms with van der Waals surface area (Å²) >= 11 is 1.28. The molecule has 2 aromatic rings. The normalized spacial score (nSPS) is 15.9. The summed E-state index contributed by atoms with van der Waals surface area (Å²) in [5, 5.41) is 12.5. The molecule has 0 bridgehead atoms. The number of anilines is 1. The largest absolute Gasteiger partial charge is 0.497 e. The third-order valence-corrected chi connectivity index (χ3v) is 4.31. The second-order valence-corrected chi connectivity index (χ2v) is 5.89. The van der Waals surface area contributed by atoms with Crippen molar-refractivity contribution in [3.05, 3.63) is 57.5 Å². The zero-order valence-electron chi connectivity index (χ0n) is 13.0. The number of nitrogens with one attached hydrogen (secondary N) is 2. The molecule has 0 radical (unpaired) electrons. The van der Waals surface area contributed by atoms with Gasteiger partial charge in [-0.15, -0.1) is 0 Å². The van der Waals surface area contributed by atoms with Gasteiger partial charge in [-0.05, 0) is 30.0 Å². The Morgan fingerprint density at radius 2 is 2.04 bits per heavy atom. The number of aromatic nitrogens is 2. The highest BCUT2D eigenvalue weighted by Crippen LogP contribution is 2.34. The summed E-state index contributed by atoms with van der Waals surface area (Å²) in [5.41, 5.74) is 0.872. The predicted molar refractivity (Wildman–Crippen MR) is 90.8 cm³/mol. The summed E-state index contributed by atoms with van der Waals surface area (Å²) < 4.78 is 5.13. The number of benzene rings is 1. The number of allylic oxidation sites excluding steroid dienone is 1. The molecule has 1 aliphatic rings. The second kappa shape index (κ2) is 6.40. The number of rotatable bonds is 4. The van der Waals surface area contributed by atoms with Crippen LogP contribution in [0.3, 0.4) is 0 Å². The number of aromatic amines is 1. The van der Waals surface area contributed by atoms with Crippen molar-refractivity contribution < 1.29 is 14.6 Å². The van der Waals surface area contributed by atoms with Crippen molar-refractivity contribution in [3.63, 3.8) is 0 Å². The van der Waals surface area contributed by atoms with Gasteiger partial charge in [0.1, 0.15) is 17.3 Å². The minimum Gasteiger partial charge on any atom is -0.497 e. The molecular formula is C16H15N3O4S. The highest BCUT2D eigenvalue weighted by molar-refractivity contribution is 7.98. The van der Waals surface area contributed by atoms with Gasteiger partial charge in [-0.2, -0.15) is 0 Å². The Labute approximate surface area is 141 Å². The van der Waals surface area contributed by atoms with E-state index in [1.807, 2.05) is 0 Å². The lowest BCUT2D eigenvalue weighted by molar-refractivity contribution is -0.132. The molecule has 3 N–H and O–H groups in total. The van der Waals surface area contributed by atoms with Gasteiger partial charge in [0.05, 0.1) is 12.7 Å². The first-order chi connectivity index (χ1) is 11.5. The highest BCUT2D eigenvalue weighted by Gasteiger charge is 2.28. The summed E-state index contributed by atoms with van der Waals surface area (Å²) in [6, 6.07) is 7.14. The number of aliphatic carboxylic acids is 1. The van der Waals surface area contributed by atoms with Crippen molar-refractivity contribution in [1.82, 2.24) is 9.97 Å². The van der Waals surface area contributed by atoms with Crippen molar-refractivity contribution in [2.45, 2.75) is 11.1 Å². The smallest absolute Gasteiger partial charge is 0.352 e. The van der Waals surface area contributed by atoms with Crippen LogP contribution in [0.1, 0.15) is 17.0 Å². The fraction of sp³-hybridized carbons (Fsp3) is 0.188. The van der Waals surface area contributed by atoms with Crippen LogP contribution < -0.4 is 15.6 Å². The summed E-state index contributed by atoms with van der Waals surface area (Å²) in [7, 11) is 1.57. The average Bonchev–Trinajstić information content (AvgIpc) is 2.60. The summed E-state index contributed by atoms with van der Waals surface area (Å²) in [6.07, 6.45) is 3.30. The van der Waals surface area contributed by atoms with E-state index in [0.717, 1.165) is 5.56 Å². The van der Waals surface area contributed by atoms with E-state index < -0.39 is 11.9 Å². The van der Waals surface area contributed by atoms with Gasteiger partial charge in [-0.3, -0.25) is 4.79 Å². The number of carboxylic acids is 1. The first-order valence-electron chi connectivity index (χ1n) is 7.07. The molecule has 0 amide bonds. The summed E-state index contributed by atoms with van der Waals surface area (Å²) in [4.78, 5) is 30.9. The topological polar surface area (TPSA) is 104 Å². The fourth-order valence-electron chi connectivity index (χ4n) is 2.56. The predicted octanol–water partition coefficient (Wildman–Crippen LogP) is 2.03. The van der Waals surface area contributed by atoms with Gasteiger partial charge in [0, 0.05) is 5.92 Å². The van der Waals surface area contributed by atoms with E-state index in [1.54, 1.807) is 37.6 Å². The van der Waals surface area contributed by atoms with Crippen molar-refractivity contribution in [2.75, 3.05) is 18.7 Å². The third kappa shape index (κ3) is 2.88. The van der Waals surface area contributed by atoms with Gasteiger partial charge >= 0.3 is 5.97 Å². The van der Waals surface area contributed by atoms with Crippen LogP contribution in [0.25, 0.3) is 0 Å². The van der Waals surface area contributed by atoms with Crippen LogP contribution in [-0.2, 0) is 4.79 Å².